The van der Waals surface area contributed by atoms with E-state index in [2.05, 4.69) is 14.9 Å². The molecule has 1 fully saturated rings. The highest BCUT2D eigenvalue weighted by molar-refractivity contribution is 5.99. The Hall–Kier alpha value is -3.45. The molecule has 164 valence electrons. The summed E-state index contributed by atoms with van der Waals surface area (Å²) in [6.07, 6.45) is 3.46. The molecule has 0 radical (unpaired) electrons. The summed E-state index contributed by atoms with van der Waals surface area (Å²) in [5, 5.41) is 0. The number of aromatic nitrogens is 4. The molecule has 5 rings (SSSR count). The van der Waals surface area contributed by atoms with E-state index in [1.54, 1.807) is 6.20 Å². The first kappa shape index (κ1) is 20.5. The number of Topliss-reactive ketones (excluding diaryl/α,β-unsaturated/α-hetero) is 1. The fraction of sp³-hybridized carbons (Fsp3) is 0.320. The molecule has 0 saturated carbocycles. The van der Waals surface area contributed by atoms with E-state index in [1.165, 1.54) is 0 Å². The van der Waals surface area contributed by atoms with E-state index >= 15 is 0 Å². The number of nitrogens with zero attached hydrogens (tertiary/aromatic N) is 4. The molecule has 0 spiro atoms. The van der Waals surface area contributed by atoms with Crippen LogP contribution in [-0.2, 0) is 0 Å². The van der Waals surface area contributed by atoms with Crippen molar-refractivity contribution in [1.29, 1.82) is 0 Å². The van der Waals surface area contributed by atoms with Crippen LogP contribution in [0.3, 0.4) is 0 Å². The number of imidazole rings is 1. The third-order valence-electron chi connectivity index (χ3n) is 6.52. The Morgan fingerprint density at radius 2 is 1.84 bits per heavy atom. The number of para-hydroxylation sites is 2. The maximum atomic E-state index is 13.1. The molecular formula is C25H27N5O2. The fourth-order valence-electron chi connectivity index (χ4n) is 4.94. The van der Waals surface area contributed by atoms with E-state index in [1.807, 2.05) is 71.5 Å². The zero-order valence-corrected chi connectivity index (χ0v) is 18.4. The molecule has 1 aliphatic rings. The van der Waals surface area contributed by atoms with Crippen LogP contribution in [0.4, 0.5) is 0 Å². The monoisotopic (exact) mass is 429 g/mol. The lowest BCUT2D eigenvalue weighted by molar-refractivity contribution is 0.0897. The lowest BCUT2D eigenvalue weighted by Gasteiger charge is -2.32. The number of rotatable bonds is 5. The van der Waals surface area contributed by atoms with Crippen molar-refractivity contribution < 1.29 is 4.79 Å². The van der Waals surface area contributed by atoms with Gasteiger partial charge in [0, 0.05) is 42.3 Å². The summed E-state index contributed by atoms with van der Waals surface area (Å²) >= 11 is 0. The smallest absolute Gasteiger partial charge is 0.306 e. The van der Waals surface area contributed by atoms with Crippen LogP contribution < -0.4 is 5.69 Å². The highest BCUT2D eigenvalue weighted by Gasteiger charge is 2.26. The van der Waals surface area contributed by atoms with Gasteiger partial charge in [0.1, 0.15) is 5.82 Å². The predicted octanol–water partition coefficient (Wildman–Crippen LogP) is 3.65. The molecular weight excluding hydrogens is 402 g/mol. The number of H-pyrrole nitrogens is 1. The van der Waals surface area contributed by atoms with Gasteiger partial charge in [-0.05, 0) is 57.0 Å². The van der Waals surface area contributed by atoms with Gasteiger partial charge in [0.2, 0.25) is 0 Å². The van der Waals surface area contributed by atoms with Crippen LogP contribution in [0, 0.1) is 13.8 Å². The summed E-state index contributed by atoms with van der Waals surface area (Å²) in [6.45, 7) is 5.96. The quantitative estimate of drug-likeness (QED) is 0.492. The van der Waals surface area contributed by atoms with E-state index in [4.69, 9.17) is 0 Å². The molecule has 7 nitrogen and oxygen atoms in total. The second kappa shape index (κ2) is 8.24. The van der Waals surface area contributed by atoms with Gasteiger partial charge in [0.15, 0.2) is 5.78 Å². The molecule has 32 heavy (non-hydrogen) atoms. The number of hydrogen-bond donors (Lipinski definition) is 1. The normalized spacial score (nSPS) is 15.4. The SMILES string of the molecule is Cc1cc(C(=O)CN2CCC(n3c(=O)[nH]c4ccccc43)CC2)c(C)n1-c1ccccn1. The first-order chi connectivity index (χ1) is 15.5. The number of ketones is 1. The minimum Gasteiger partial charge on any atom is -0.306 e. The van der Waals surface area contributed by atoms with E-state index < -0.39 is 0 Å². The van der Waals surface area contributed by atoms with Crippen molar-refractivity contribution in [3.05, 3.63) is 82.2 Å². The first-order valence-corrected chi connectivity index (χ1v) is 11.1. The number of carbonyl (C=O) groups is 1. The molecule has 7 heteroatoms. The van der Waals surface area contributed by atoms with Crippen molar-refractivity contribution in [1.82, 2.24) is 24.0 Å². The number of fused-ring (bicyclic) bond motifs is 1. The summed E-state index contributed by atoms with van der Waals surface area (Å²) in [7, 11) is 0. The largest absolute Gasteiger partial charge is 0.326 e. The Labute approximate surface area is 186 Å². The van der Waals surface area contributed by atoms with Crippen molar-refractivity contribution >= 4 is 16.8 Å². The number of carbonyl (C=O) groups excluding carboxylic acids is 1. The van der Waals surface area contributed by atoms with Gasteiger partial charge in [-0.1, -0.05) is 18.2 Å². The Morgan fingerprint density at radius 1 is 1.09 bits per heavy atom. The summed E-state index contributed by atoms with van der Waals surface area (Å²) in [5.74, 6) is 0.953. The zero-order chi connectivity index (χ0) is 22.2. The average molecular weight is 430 g/mol. The van der Waals surface area contributed by atoms with E-state index in [0.29, 0.717) is 6.54 Å². The topological polar surface area (TPSA) is 75.9 Å². The van der Waals surface area contributed by atoms with Crippen LogP contribution >= 0.6 is 0 Å². The lowest BCUT2D eigenvalue weighted by Crippen LogP contribution is -2.39. The zero-order valence-electron chi connectivity index (χ0n) is 18.4. The molecule has 4 aromatic rings. The van der Waals surface area contributed by atoms with Crippen molar-refractivity contribution in [3.8, 4) is 5.82 Å². The Kier molecular flexibility index (Phi) is 5.27. The van der Waals surface area contributed by atoms with Gasteiger partial charge in [-0.3, -0.25) is 14.3 Å². The van der Waals surface area contributed by atoms with Crippen LogP contribution in [0.2, 0.25) is 0 Å². The molecule has 0 amide bonds. The Morgan fingerprint density at radius 3 is 2.59 bits per heavy atom. The van der Waals surface area contributed by atoms with E-state index in [0.717, 1.165) is 59.7 Å². The number of aromatic amines is 1. The molecule has 1 N–H and O–H groups in total. The maximum Gasteiger partial charge on any atom is 0.326 e. The van der Waals surface area contributed by atoms with Crippen LogP contribution in [0.25, 0.3) is 16.9 Å². The molecule has 0 unspecified atom stereocenters. The van der Waals surface area contributed by atoms with Crippen LogP contribution in [-0.4, -0.2) is 49.4 Å². The number of hydrogen-bond acceptors (Lipinski definition) is 4. The molecule has 0 aliphatic carbocycles. The molecule has 1 aliphatic heterocycles. The fourth-order valence-corrected chi connectivity index (χ4v) is 4.94. The second-order valence-corrected chi connectivity index (χ2v) is 8.56. The van der Waals surface area contributed by atoms with E-state index in [-0.39, 0.29) is 17.5 Å². The van der Waals surface area contributed by atoms with Crippen LogP contribution in [0.5, 0.6) is 0 Å². The number of nitrogens with one attached hydrogen (secondary N) is 1. The second-order valence-electron chi connectivity index (χ2n) is 8.56. The summed E-state index contributed by atoms with van der Waals surface area (Å²) in [5.41, 5.74) is 4.45. The van der Waals surface area contributed by atoms with Gasteiger partial charge in [0.25, 0.3) is 0 Å². The molecule has 1 saturated heterocycles. The van der Waals surface area contributed by atoms with Gasteiger partial charge < -0.3 is 9.55 Å². The third-order valence-corrected chi connectivity index (χ3v) is 6.52. The van der Waals surface area contributed by atoms with Gasteiger partial charge in [-0.25, -0.2) is 9.78 Å². The molecule has 0 bridgehead atoms. The maximum absolute atomic E-state index is 13.1. The first-order valence-electron chi connectivity index (χ1n) is 11.1. The van der Waals surface area contributed by atoms with Gasteiger partial charge >= 0.3 is 5.69 Å². The van der Waals surface area contributed by atoms with E-state index in [9.17, 15) is 9.59 Å². The summed E-state index contributed by atoms with van der Waals surface area (Å²) < 4.78 is 3.91. The van der Waals surface area contributed by atoms with Gasteiger partial charge in [-0.2, -0.15) is 0 Å². The number of aryl methyl sites for hydroxylation is 1. The van der Waals surface area contributed by atoms with Crippen LogP contribution in [0.15, 0.2) is 59.5 Å². The van der Waals surface area contributed by atoms with Crippen molar-refractivity contribution in [2.24, 2.45) is 0 Å². The Bertz CT molecular complexity index is 1320. The molecule has 0 atom stereocenters. The van der Waals surface area contributed by atoms with Crippen molar-refractivity contribution in [2.75, 3.05) is 19.6 Å². The van der Waals surface area contributed by atoms with Crippen molar-refractivity contribution in [3.63, 3.8) is 0 Å². The number of benzene rings is 1. The molecule has 4 heterocycles. The number of pyridine rings is 1. The number of likely N-dealkylation sites (tertiary alicyclic amines) is 1. The highest BCUT2D eigenvalue weighted by atomic mass is 16.1. The highest BCUT2D eigenvalue weighted by Crippen LogP contribution is 2.26. The standard InChI is InChI=1S/C25H27N5O2/c1-17-15-20(18(2)29(17)24-9-5-6-12-26-24)23(31)16-28-13-10-19(11-14-28)30-22-8-4-3-7-21(22)27-25(30)32/h3-9,12,15,19H,10-11,13-14,16H2,1-2H3,(H,27,32). The molecule has 3 aromatic heterocycles. The molecule has 1 aromatic carbocycles. The van der Waals surface area contributed by atoms with Crippen molar-refractivity contribution in [2.45, 2.75) is 32.7 Å². The van der Waals surface area contributed by atoms with Crippen LogP contribution in [0.1, 0.15) is 40.6 Å². The summed E-state index contributed by atoms with van der Waals surface area (Å²) in [4.78, 5) is 35.2. The minimum atomic E-state index is -0.0531. The average Bonchev–Trinajstić information content (AvgIpc) is 3.30. The minimum absolute atomic E-state index is 0.0531. The summed E-state index contributed by atoms with van der Waals surface area (Å²) in [6, 6.07) is 15.7. The van der Waals surface area contributed by atoms with Gasteiger partial charge in [-0.15, -0.1) is 0 Å². The number of piperidine rings is 1. The lowest BCUT2D eigenvalue weighted by atomic mass is 10.0. The van der Waals surface area contributed by atoms with Gasteiger partial charge in [0.05, 0.1) is 17.6 Å². The predicted molar refractivity (Wildman–Crippen MR) is 125 cm³/mol. The Balaban J connectivity index is 1.28. The third kappa shape index (κ3) is 3.58.